The lowest BCUT2D eigenvalue weighted by Gasteiger charge is -2.07. The average Bonchev–Trinajstić information content (AvgIpc) is 3.00. The molecular formula is C17H18N2O5S. The minimum atomic E-state index is -0.289. The lowest BCUT2D eigenvalue weighted by atomic mass is 10.2. The van der Waals surface area contributed by atoms with Crippen molar-refractivity contribution in [2.24, 2.45) is 0 Å². The van der Waals surface area contributed by atoms with Crippen LogP contribution in [0, 0.1) is 0 Å². The summed E-state index contributed by atoms with van der Waals surface area (Å²) in [5.74, 6) is 0.918. The second kappa shape index (κ2) is 7.10. The number of thiophene rings is 1. The molecule has 0 amide bonds. The number of hydrogen-bond donors (Lipinski definition) is 0. The first-order chi connectivity index (χ1) is 12.1. The van der Waals surface area contributed by atoms with Crippen LogP contribution in [0.2, 0.25) is 0 Å². The summed E-state index contributed by atoms with van der Waals surface area (Å²) in [5.41, 5.74) is 0.532. The van der Waals surface area contributed by atoms with Crippen LogP contribution in [0.5, 0.6) is 11.5 Å². The van der Waals surface area contributed by atoms with Crippen molar-refractivity contribution in [3.8, 4) is 11.5 Å². The van der Waals surface area contributed by atoms with Crippen molar-refractivity contribution in [2.75, 3.05) is 21.3 Å². The van der Waals surface area contributed by atoms with Gasteiger partial charge in [0.05, 0.1) is 33.2 Å². The number of fused-ring (bicyclic) bond motifs is 3. The zero-order valence-electron chi connectivity index (χ0n) is 14.2. The van der Waals surface area contributed by atoms with Crippen molar-refractivity contribution >= 4 is 37.6 Å². The Bertz CT molecular complexity index is 992. The van der Waals surface area contributed by atoms with Crippen LogP contribution < -0.4 is 15.0 Å². The van der Waals surface area contributed by atoms with Gasteiger partial charge in [0.15, 0.2) is 11.5 Å². The number of benzene rings is 1. The summed E-state index contributed by atoms with van der Waals surface area (Å²) in [6.07, 6.45) is 2.30. The zero-order valence-corrected chi connectivity index (χ0v) is 15.0. The monoisotopic (exact) mass is 362 g/mol. The van der Waals surface area contributed by atoms with E-state index in [0.29, 0.717) is 34.7 Å². The smallest absolute Gasteiger partial charge is 0.305 e. The highest BCUT2D eigenvalue weighted by atomic mass is 32.1. The number of methoxy groups -OCH3 is 3. The van der Waals surface area contributed by atoms with E-state index in [1.807, 2.05) is 12.1 Å². The lowest BCUT2D eigenvalue weighted by Crippen LogP contribution is -2.20. The normalized spacial score (nSPS) is 11.0. The number of aryl methyl sites for hydroxylation is 1. The largest absolute Gasteiger partial charge is 0.493 e. The third-order valence-electron chi connectivity index (χ3n) is 3.96. The summed E-state index contributed by atoms with van der Waals surface area (Å²) >= 11 is 1.37. The van der Waals surface area contributed by atoms with Crippen molar-refractivity contribution < 1.29 is 19.0 Å². The maximum absolute atomic E-state index is 12.7. The van der Waals surface area contributed by atoms with Gasteiger partial charge in [-0.3, -0.25) is 14.2 Å². The van der Waals surface area contributed by atoms with Crippen molar-refractivity contribution in [3.05, 3.63) is 28.8 Å². The van der Waals surface area contributed by atoms with Crippen LogP contribution in [0.1, 0.15) is 12.8 Å². The first-order valence-electron chi connectivity index (χ1n) is 7.69. The summed E-state index contributed by atoms with van der Waals surface area (Å²) in [5, 5.41) is 0.858. The van der Waals surface area contributed by atoms with E-state index in [4.69, 9.17) is 9.47 Å². The molecule has 0 saturated heterocycles. The van der Waals surface area contributed by atoms with Crippen LogP contribution in [0.25, 0.3) is 20.3 Å². The number of rotatable bonds is 6. The Kier molecular flexibility index (Phi) is 4.89. The molecule has 0 aliphatic heterocycles. The van der Waals surface area contributed by atoms with Crippen molar-refractivity contribution in [2.45, 2.75) is 19.4 Å². The first kappa shape index (κ1) is 17.2. The fourth-order valence-corrected chi connectivity index (χ4v) is 3.76. The number of esters is 1. The van der Waals surface area contributed by atoms with Gasteiger partial charge in [0.1, 0.15) is 4.70 Å². The molecule has 25 heavy (non-hydrogen) atoms. The van der Waals surface area contributed by atoms with E-state index in [1.165, 1.54) is 29.3 Å². The molecule has 1 aromatic carbocycles. The van der Waals surface area contributed by atoms with Gasteiger partial charge in [-0.05, 0) is 12.5 Å². The van der Waals surface area contributed by atoms with E-state index in [1.54, 1.807) is 14.2 Å². The van der Waals surface area contributed by atoms with Gasteiger partial charge in [-0.15, -0.1) is 11.3 Å². The van der Waals surface area contributed by atoms with Crippen molar-refractivity contribution in [3.63, 3.8) is 0 Å². The lowest BCUT2D eigenvalue weighted by molar-refractivity contribution is -0.140. The Morgan fingerprint density at radius 2 is 1.92 bits per heavy atom. The predicted molar refractivity (Wildman–Crippen MR) is 95.7 cm³/mol. The van der Waals surface area contributed by atoms with E-state index in [9.17, 15) is 9.59 Å². The van der Waals surface area contributed by atoms with E-state index in [2.05, 4.69) is 9.72 Å². The summed E-state index contributed by atoms with van der Waals surface area (Å²) in [6.45, 7) is 0.414. The molecule has 0 fully saturated rings. The molecule has 8 heteroatoms. The van der Waals surface area contributed by atoms with Crippen LogP contribution in [0.3, 0.4) is 0 Å². The van der Waals surface area contributed by atoms with Crippen LogP contribution in [0.15, 0.2) is 23.3 Å². The molecule has 0 atom stereocenters. The number of nitrogens with zero attached hydrogens (tertiary/aromatic N) is 2. The van der Waals surface area contributed by atoms with Gasteiger partial charge in [-0.1, -0.05) is 0 Å². The zero-order chi connectivity index (χ0) is 18.0. The van der Waals surface area contributed by atoms with E-state index < -0.39 is 0 Å². The number of aromatic nitrogens is 2. The Labute approximate surface area is 147 Å². The van der Waals surface area contributed by atoms with Crippen LogP contribution in [-0.4, -0.2) is 36.8 Å². The number of hydrogen-bond acceptors (Lipinski definition) is 7. The SMILES string of the molecule is COC(=O)CCCn1cnc2c(sc3cc(OC)c(OC)cc32)c1=O. The quantitative estimate of drug-likeness (QED) is 0.627. The summed E-state index contributed by atoms with van der Waals surface area (Å²) < 4.78 is 18.3. The van der Waals surface area contributed by atoms with Crippen LogP contribution >= 0.6 is 11.3 Å². The minimum absolute atomic E-state index is 0.117. The fourth-order valence-electron chi connectivity index (χ4n) is 2.65. The molecule has 132 valence electrons. The Hall–Kier alpha value is -2.61. The maximum Gasteiger partial charge on any atom is 0.305 e. The van der Waals surface area contributed by atoms with E-state index in [-0.39, 0.29) is 17.9 Å². The molecule has 0 unspecified atom stereocenters. The molecule has 0 saturated carbocycles. The van der Waals surface area contributed by atoms with Gasteiger partial charge < -0.3 is 14.2 Å². The van der Waals surface area contributed by atoms with Gasteiger partial charge in [0, 0.05) is 29.1 Å². The van der Waals surface area contributed by atoms with Crippen LogP contribution in [-0.2, 0) is 16.1 Å². The van der Waals surface area contributed by atoms with Gasteiger partial charge >= 0.3 is 5.97 Å². The van der Waals surface area contributed by atoms with E-state index >= 15 is 0 Å². The number of carbonyl (C=O) groups excluding carboxylic acids is 1. The standard InChI is InChI=1S/C17H18N2O5S/c1-22-11-7-10-13(8-12(11)23-2)25-16-15(10)18-9-19(17(16)21)6-4-5-14(20)24-3/h7-9H,4-6H2,1-3H3. The molecule has 0 N–H and O–H groups in total. The summed E-state index contributed by atoms with van der Waals surface area (Å²) in [4.78, 5) is 28.3. The molecule has 0 bridgehead atoms. The van der Waals surface area contributed by atoms with Gasteiger partial charge in [-0.25, -0.2) is 4.98 Å². The molecule has 3 aromatic rings. The highest BCUT2D eigenvalue weighted by molar-refractivity contribution is 7.25. The van der Waals surface area contributed by atoms with Gasteiger partial charge in [0.2, 0.25) is 0 Å². The first-order valence-corrected chi connectivity index (χ1v) is 8.51. The molecule has 0 radical (unpaired) electrons. The molecule has 7 nitrogen and oxygen atoms in total. The highest BCUT2D eigenvalue weighted by Crippen LogP contribution is 2.38. The Morgan fingerprint density at radius 3 is 2.60 bits per heavy atom. The third-order valence-corrected chi connectivity index (χ3v) is 5.09. The molecular weight excluding hydrogens is 344 g/mol. The second-order valence-electron chi connectivity index (χ2n) is 5.41. The third kappa shape index (κ3) is 3.17. The summed E-state index contributed by atoms with van der Waals surface area (Å²) in [7, 11) is 4.49. The highest BCUT2D eigenvalue weighted by Gasteiger charge is 2.15. The van der Waals surface area contributed by atoms with E-state index in [0.717, 1.165) is 10.1 Å². The number of carbonyl (C=O) groups is 1. The number of ether oxygens (including phenoxy) is 3. The Balaban J connectivity index is 2.02. The fraction of sp³-hybridized carbons (Fsp3) is 0.353. The molecule has 0 aliphatic rings. The minimum Gasteiger partial charge on any atom is -0.493 e. The van der Waals surface area contributed by atoms with Crippen LogP contribution in [0.4, 0.5) is 0 Å². The van der Waals surface area contributed by atoms with Crippen molar-refractivity contribution in [1.82, 2.24) is 9.55 Å². The molecule has 0 aliphatic carbocycles. The summed E-state index contributed by atoms with van der Waals surface area (Å²) in [6, 6.07) is 3.68. The second-order valence-corrected chi connectivity index (χ2v) is 6.46. The molecule has 2 heterocycles. The molecule has 3 rings (SSSR count). The van der Waals surface area contributed by atoms with Gasteiger partial charge in [-0.2, -0.15) is 0 Å². The average molecular weight is 362 g/mol. The Morgan fingerprint density at radius 1 is 1.20 bits per heavy atom. The predicted octanol–water partition coefficient (Wildman–Crippen LogP) is 2.58. The molecule has 2 aromatic heterocycles. The maximum atomic E-state index is 12.7. The molecule has 0 spiro atoms. The van der Waals surface area contributed by atoms with Gasteiger partial charge in [0.25, 0.3) is 5.56 Å². The topological polar surface area (TPSA) is 79.7 Å². The van der Waals surface area contributed by atoms with Crippen molar-refractivity contribution in [1.29, 1.82) is 0 Å².